The Labute approximate surface area is 123 Å². The Balaban J connectivity index is 2.46. The molecule has 0 spiro atoms. The van der Waals surface area contributed by atoms with Crippen molar-refractivity contribution in [1.82, 2.24) is 0 Å². The lowest BCUT2D eigenvalue weighted by Gasteiger charge is -2.32. The number of rotatable bonds is 1. The minimum Gasteiger partial charge on any atom is -0.399 e. The molecule has 0 unspecified atom stereocenters. The van der Waals surface area contributed by atoms with Crippen molar-refractivity contribution in [2.24, 2.45) is 0 Å². The monoisotopic (exact) mass is 304 g/mol. The molecule has 0 radical (unpaired) electrons. The predicted molar refractivity (Wildman–Crippen MR) is 76.9 cm³/mol. The smallest absolute Gasteiger partial charge is 0.399 e. The molecule has 104 valence electrons. The van der Waals surface area contributed by atoms with Gasteiger partial charge in [-0.25, -0.2) is 4.39 Å². The lowest BCUT2D eigenvalue weighted by molar-refractivity contribution is 0.00578. The van der Waals surface area contributed by atoms with Gasteiger partial charge in [0.25, 0.3) is 0 Å². The van der Waals surface area contributed by atoms with E-state index in [1.54, 1.807) is 6.92 Å². The highest BCUT2D eigenvalue weighted by molar-refractivity contribution is 6.63. The van der Waals surface area contributed by atoms with Gasteiger partial charge in [-0.1, -0.05) is 23.2 Å². The molecule has 1 aliphatic rings. The molecular formula is C13H16BCl2FO2. The maximum Gasteiger partial charge on any atom is 0.497 e. The third-order valence-corrected chi connectivity index (χ3v) is 4.79. The first-order chi connectivity index (χ1) is 8.57. The predicted octanol–water partition coefficient (Wildman–Crippen LogP) is 3.74. The number of hydrogen-bond donors (Lipinski definition) is 0. The first kappa shape index (κ1) is 15.1. The Hall–Kier alpha value is -0.285. The van der Waals surface area contributed by atoms with E-state index < -0.39 is 24.1 Å². The molecule has 1 aromatic rings. The van der Waals surface area contributed by atoms with Crippen LogP contribution in [0.5, 0.6) is 0 Å². The Kier molecular flexibility index (Phi) is 3.68. The zero-order chi connectivity index (χ0) is 14.6. The van der Waals surface area contributed by atoms with Crippen LogP contribution in [0.4, 0.5) is 4.39 Å². The van der Waals surface area contributed by atoms with Crippen molar-refractivity contribution in [3.05, 3.63) is 27.5 Å². The van der Waals surface area contributed by atoms with Gasteiger partial charge in [0, 0.05) is 11.0 Å². The molecule has 1 aromatic carbocycles. The van der Waals surface area contributed by atoms with Gasteiger partial charge in [0.2, 0.25) is 0 Å². The summed E-state index contributed by atoms with van der Waals surface area (Å²) in [6.45, 7) is 9.23. The maximum atomic E-state index is 14.3. The molecule has 0 aromatic heterocycles. The van der Waals surface area contributed by atoms with Crippen LogP contribution < -0.4 is 5.46 Å². The molecule has 0 N–H and O–H groups in total. The third-order valence-electron chi connectivity index (χ3n) is 3.91. The van der Waals surface area contributed by atoms with Crippen LogP contribution in [0.15, 0.2) is 6.07 Å². The van der Waals surface area contributed by atoms with Crippen molar-refractivity contribution in [3.8, 4) is 0 Å². The van der Waals surface area contributed by atoms with Gasteiger partial charge in [0.05, 0.1) is 21.2 Å². The van der Waals surface area contributed by atoms with E-state index in [0.29, 0.717) is 10.6 Å². The summed E-state index contributed by atoms with van der Waals surface area (Å²) >= 11 is 11.9. The van der Waals surface area contributed by atoms with E-state index >= 15 is 0 Å². The molecule has 0 saturated carbocycles. The van der Waals surface area contributed by atoms with Gasteiger partial charge in [-0.2, -0.15) is 0 Å². The van der Waals surface area contributed by atoms with E-state index in [9.17, 15) is 4.39 Å². The van der Waals surface area contributed by atoms with Crippen LogP contribution in [-0.4, -0.2) is 18.3 Å². The Morgan fingerprint density at radius 2 is 1.58 bits per heavy atom. The van der Waals surface area contributed by atoms with Crippen molar-refractivity contribution < 1.29 is 13.7 Å². The quantitative estimate of drug-likeness (QED) is 0.581. The van der Waals surface area contributed by atoms with Gasteiger partial charge in [0.1, 0.15) is 5.82 Å². The molecule has 2 rings (SSSR count). The minimum absolute atomic E-state index is 0.222. The van der Waals surface area contributed by atoms with Gasteiger partial charge in [-0.3, -0.25) is 0 Å². The standard InChI is InChI=1S/C13H16BCl2FO2/c1-7-10(16)9(15)6-8(11(7)17)14-18-12(2,3)13(4,5)19-14/h6H,1-5H3. The molecule has 1 aliphatic heterocycles. The Morgan fingerprint density at radius 3 is 2.05 bits per heavy atom. The summed E-state index contributed by atoms with van der Waals surface area (Å²) in [4.78, 5) is 0. The summed E-state index contributed by atoms with van der Waals surface area (Å²) in [6, 6.07) is 1.47. The van der Waals surface area contributed by atoms with Crippen LogP contribution in [0.25, 0.3) is 0 Å². The average molecular weight is 305 g/mol. The molecule has 1 heterocycles. The van der Waals surface area contributed by atoms with Crippen LogP contribution in [0, 0.1) is 12.7 Å². The van der Waals surface area contributed by atoms with Gasteiger partial charge in [-0.15, -0.1) is 0 Å². The first-order valence-corrected chi connectivity index (χ1v) is 6.82. The molecule has 19 heavy (non-hydrogen) atoms. The molecule has 0 bridgehead atoms. The fraction of sp³-hybridized carbons (Fsp3) is 0.538. The molecule has 0 aliphatic carbocycles. The summed E-state index contributed by atoms with van der Waals surface area (Å²) in [7, 11) is -0.779. The highest BCUT2D eigenvalue weighted by Gasteiger charge is 2.52. The highest BCUT2D eigenvalue weighted by atomic mass is 35.5. The maximum absolute atomic E-state index is 14.3. The van der Waals surface area contributed by atoms with Crippen molar-refractivity contribution in [3.63, 3.8) is 0 Å². The lowest BCUT2D eigenvalue weighted by Crippen LogP contribution is -2.41. The molecule has 2 nitrogen and oxygen atoms in total. The lowest BCUT2D eigenvalue weighted by atomic mass is 9.78. The van der Waals surface area contributed by atoms with Crippen LogP contribution in [-0.2, 0) is 9.31 Å². The second kappa shape index (κ2) is 4.62. The van der Waals surface area contributed by atoms with E-state index in [1.165, 1.54) is 6.07 Å². The van der Waals surface area contributed by atoms with Crippen LogP contribution in [0.1, 0.15) is 33.3 Å². The molecular weight excluding hydrogens is 289 g/mol. The fourth-order valence-corrected chi connectivity index (χ4v) is 2.29. The fourth-order valence-electron chi connectivity index (χ4n) is 1.90. The second-order valence-corrected chi connectivity index (χ2v) is 6.57. The van der Waals surface area contributed by atoms with Crippen molar-refractivity contribution in [2.75, 3.05) is 0 Å². The van der Waals surface area contributed by atoms with Crippen LogP contribution >= 0.6 is 23.2 Å². The molecule has 0 atom stereocenters. The largest absolute Gasteiger partial charge is 0.497 e. The summed E-state index contributed by atoms with van der Waals surface area (Å²) in [5, 5.41) is 0.518. The number of halogens is 3. The topological polar surface area (TPSA) is 18.5 Å². The van der Waals surface area contributed by atoms with E-state index in [0.717, 1.165) is 0 Å². The summed E-state index contributed by atoms with van der Waals surface area (Å²) in [5.41, 5.74) is -0.460. The van der Waals surface area contributed by atoms with E-state index in [2.05, 4.69) is 0 Å². The molecule has 6 heteroatoms. The summed E-state index contributed by atoms with van der Waals surface area (Å²) in [5.74, 6) is -0.437. The highest BCUT2D eigenvalue weighted by Crippen LogP contribution is 2.37. The number of hydrogen-bond acceptors (Lipinski definition) is 2. The van der Waals surface area contributed by atoms with E-state index in [1.807, 2.05) is 27.7 Å². The third kappa shape index (κ3) is 2.40. The van der Waals surface area contributed by atoms with Crippen molar-refractivity contribution in [2.45, 2.75) is 45.8 Å². The number of benzene rings is 1. The second-order valence-electron chi connectivity index (χ2n) is 5.79. The first-order valence-electron chi connectivity index (χ1n) is 6.06. The van der Waals surface area contributed by atoms with Gasteiger partial charge in [0.15, 0.2) is 0 Å². The van der Waals surface area contributed by atoms with Crippen molar-refractivity contribution in [1.29, 1.82) is 0 Å². The molecule has 0 amide bonds. The van der Waals surface area contributed by atoms with Gasteiger partial charge < -0.3 is 9.31 Å². The van der Waals surface area contributed by atoms with E-state index in [-0.39, 0.29) is 10.5 Å². The zero-order valence-electron chi connectivity index (χ0n) is 11.6. The van der Waals surface area contributed by atoms with E-state index in [4.69, 9.17) is 32.5 Å². The molecule has 1 saturated heterocycles. The van der Waals surface area contributed by atoms with Crippen LogP contribution in [0.2, 0.25) is 10.0 Å². The normalized spacial score (nSPS) is 20.9. The minimum atomic E-state index is -0.779. The summed E-state index contributed by atoms with van der Waals surface area (Å²) in [6.07, 6.45) is 0. The zero-order valence-corrected chi connectivity index (χ0v) is 13.1. The van der Waals surface area contributed by atoms with Gasteiger partial charge in [-0.05, 0) is 40.7 Å². The SMILES string of the molecule is Cc1c(F)c(B2OC(C)(C)C(C)(C)O2)cc(Cl)c1Cl. The summed E-state index contributed by atoms with van der Waals surface area (Å²) < 4.78 is 25.9. The Bertz CT molecular complexity index is 516. The van der Waals surface area contributed by atoms with Gasteiger partial charge >= 0.3 is 7.12 Å². The van der Waals surface area contributed by atoms with Crippen LogP contribution in [0.3, 0.4) is 0 Å². The average Bonchev–Trinajstić information content (AvgIpc) is 2.50. The van der Waals surface area contributed by atoms with Crippen molar-refractivity contribution >= 4 is 35.8 Å². The Morgan fingerprint density at radius 1 is 1.11 bits per heavy atom. The molecule has 1 fully saturated rings.